The average Bonchev–Trinajstić information content (AvgIpc) is 2.62. The van der Waals surface area contributed by atoms with Gasteiger partial charge in [0.15, 0.2) is 0 Å². The van der Waals surface area contributed by atoms with E-state index in [1.165, 1.54) is 0 Å². The van der Waals surface area contributed by atoms with E-state index in [2.05, 4.69) is 15.9 Å². The third kappa shape index (κ3) is 4.37. The quantitative estimate of drug-likeness (QED) is 0.733. The van der Waals surface area contributed by atoms with Crippen LogP contribution in [0.3, 0.4) is 0 Å². The van der Waals surface area contributed by atoms with Crippen molar-refractivity contribution in [1.82, 2.24) is 4.90 Å². The lowest BCUT2D eigenvalue weighted by Crippen LogP contribution is -2.42. The molecule has 0 radical (unpaired) electrons. The van der Waals surface area contributed by atoms with Crippen LogP contribution in [0.25, 0.3) is 0 Å². The van der Waals surface area contributed by atoms with Gasteiger partial charge in [0.25, 0.3) is 0 Å². The lowest BCUT2D eigenvalue weighted by atomic mass is 10.1. The van der Waals surface area contributed by atoms with Gasteiger partial charge in [-0.25, -0.2) is 0 Å². The molecule has 3 rings (SSSR count). The minimum Gasteiger partial charge on any atom is -0.378 e. The molecule has 1 fully saturated rings. The number of carbonyl (C=O) groups excluding carboxylic acids is 1. The molecule has 0 unspecified atom stereocenters. The third-order valence-electron chi connectivity index (χ3n) is 3.72. The smallest absolute Gasteiger partial charge is 0.240 e. The van der Waals surface area contributed by atoms with Gasteiger partial charge >= 0.3 is 0 Å². The highest BCUT2D eigenvalue weighted by atomic mass is 79.9. The normalized spacial score (nSPS) is 16.1. The maximum absolute atomic E-state index is 13.0. The molecule has 0 aromatic heterocycles. The van der Waals surface area contributed by atoms with E-state index in [4.69, 9.17) is 4.74 Å². The molecule has 2 aromatic rings. The van der Waals surface area contributed by atoms with Crippen molar-refractivity contribution in [3.05, 3.63) is 64.6 Å². The molecule has 1 heterocycles. The van der Waals surface area contributed by atoms with Crippen LogP contribution in [-0.2, 0) is 9.53 Å². The number of benzene rings is 2. The highest BCUT2D eigenvalue weighted by molar-refractivity contribution is 9.10. The van der Waals surface area contributed by atoms with Gasteiger partial charge in [0, 0.05) is 22.5 Å². The number of amides is 1. The first-order valence-corrected chi connectivity index (χ1v) is 9.25. The molecule has 1 saturated heterocycles. The van der Waals surface area contributed by atoms with Crippen LogP contribution in [0.1, 0.15) is 10.8 Å². The number of ether oxygens (including phenoxy) is 1. The number of hydrogen-bond donors (Lipinski definition) is 0. The van der Waals surface area contributed by atoms with Crippen molar-refractivity contribution >= 4 is 33.6 Å². The first-order valence-electron chi connectivity index (χ1n) is 7.58. The molecule has 1 aliphatic heterocycles. The lowest BCUT2D eigenvalue weighted by molar-refractivity contribution is -0.134. The van der Waals surface area contributed by atoms with Crippen molar-refractivity contribution in [2.75, 3.05) is 26.3 Å². The fourth-order valence-electron chi connectivity index (χ4n) is 2.48. The summed E-state index contributed by atoms with van der Waals surface area (Å²) in [7, 11) is 0. The first kappa shape index (κ1) is 16.6. The van der Waals surface area contributed by atoms with Gasteiger partial charge in [0.1, 0.15) is 5.25 Å². The van der Waals surface area contributed by atoms with Crippen molar-refractivity contribution in [2.45, 2.75) is 10.1 Å². The Labute approximate surface area is 149 Å². The SMILES string of the molecule is O=C([C@H](Sc1ccccc1)c1ccc(Br)cc1)N1CCOCC1. The summed E-state index contributed by atoms with van der Waals surface area (Å²) >= 11 is 5.06. The second kappa shape index (κ2) is 7.99. The maximum Gasteiger partial charge on any atom is 0.240 e. The van der Waals surface area contributed by atoms with Gasteiger partial charge in [-0.15, -0.1) is 11.8 Å². The van der Waals surface area contributed by atoms with Crippen LogP contribution < -0.4 is 0 Å². The molecule has 23 heavy (non-hydrogen) atoms. The number of morpholine rings is 1. The first-order chi connectivity index (χ1) is 11.2. The predicted octanol–water partition coefficient (Wildman–Crippen LogP) is 4.14. The van der Waals surface area contributed by atoms with Crippen molar-refractivity contribution in [2.24, 2.45) is 0 Å². The van der Waals surface area contributed by atoms with Crippen LogP contribution in [0, 0.1) is 0 Å². The second-order valence-corrected chi connectivity index (χ2v) is 7.39. The van der Waals surface area contributed by atoms with E-state index in [-0.39, 0.29) is 11.2 Å². The molecule has 3 nitrogen and oxygen atoms in total. The highest BCUT2D eigenvalue weighted by Crippen LogP contribution is 2.37. The zero-order chi connectivity index (χ0) is 16.1. The van der Waals surface area contributed by atoms with E-state index in [1.54, 1.807) is 11.8 Å². The van der Waals surface area contributed by atoms with Gasteiger partial charge in [-0.2, -0.15) is 0 Å². The molecule has 0 aliphatic carbocycles. The number of rotatable bonds is 4. The Hall–Kier alpha value is -1.30. The Morgan fingerprint density at radius 3 is 2.35 bits per heavy atom. The Kier molecular flexibility index (Phi) is 5.75. The molecule has 2 aromatic carbocycles. The van der Waals surface area contributed by atoms with E-state index in [0.29, 0.717) is 26.3 Å². The monoisotopic (exact) mass is 391 g/mol. The summed E-state index contributed by atoms with van der Waals surface area (Å²) < 4.78 is 6.38. The van der Waals surface area contributed by atoms with E-state index < -0.39 is 0 Å². The average molecular weight is 392 g/mol. The van der Waals surface area contributed by atoms with Crippen molar-refractivity contribution in [3.8, 4) is 0 Å². The highest BCUT2D eigenvalue weighted by Gasteiger charge is 2.28. The molecule has 1 atom stereocenters. The molecule has 1 aliphatic rings. The van der Waals surface area contributed by atoms with Crippen molar-refractivity contribution < 1.29 is 9.53 Å². The van der Waals surface area contributed by atoms with Crippen LogP contribution >= 0.6 is 27.7 Å². The number of nitrogens with zero attached hydrogens (tertiary/aromatic N) is 1. The fraction of sp³-hybridized carbons (Fsp3) is 0.278. The zero-order valence-electron chi connectivity index (χ0n) is 12.7. The predicted molar refractivity (Wildman–Crippen MR) is 96.6 cm³/mol. The molecule has 120 valence electrons. The minimum atomic E-state index is -0.233. The largest absolute Gasteiger partial charge is 0.378 e. The Morgan fingerprint density at radius 2 is 1.70 bits per heavy atom. The Bertz CT molecular complexity index is 642. The van der Waals surface area contributed by atoms with Gasteiger partial charge in [-0.3, -0.25) is 4.79 Å². The van der Waals surface area contributed by atoms with Crippen LogP contribution in [0.15, 0.2) is 64.0 Å². The number of hydrogen-bond acceptors (Lipinski definition) is 3. The maximum atomic E-state index is 13.0. The number of thioether (sulfide) groups is 1. The van der Waals surface area contributed by atoms with Crippen LogP contribution in [-0.4, -0.2) is 37.1 Å². The van der Waals surface area contributed by atoms with E-state index in [0.717, 1.165) is 14.9 Å². The van der Waals surface area contributed by atoms with Gasteiger partial charge in [0.2, 0.25) is 5.91 Å². The summed E-state index contributed by atoms with van der Waals surface area (Å²) in [5, 5.41) is -0.233. The molecule has 0 bridgehead atoms. The topological polar surface area (TPSA) is 29.5 Å². The molecule has 0 N–H and O–H groups in total. The molecule has 1 amide bonds. The molecule has 0 saturated carbocycles. The standard InChI is InChI=1S/C18H18BrNO2S/c19-15-8-6-14(7-9-15)17(23-16-4-2-1-3-5-16)18(21)20-10-12-22-13-11-20/h1-9,17H,10-13H2/t17-/m1/s1. The Balaban J connectivity index is 1.85. The van der Waals surface area contributed by atoms with Gasteiger partial charge in [-0.1, -0.05) is 46.3 Å². The summed E-state index contributed by atoms with van der Waals surface area (Å²) in [5.41, 5.74) is 1.03. The summed E-state index contributed by atoms with van der Waals surface area (Å²) in [4.78, 5) is 16.0. The molecule has 5 heteroatoms. The van der Waals surface area contributed by atoms with Crippen LogP contribution in [0.2, 0.25) is 0 Å². The van der Waals surface area contributed by atoms with Crippen LogP contribution in [0.4, 0.5) is 0 Å². The number of halogens is 1. The van der Waals surface area contributed by atoms with E-state index >= 15 is 0 Å². The fourth-order valence-corrected chi connectivity index (χ4v) is 3.88. The minimum absolute atomic E-state index is 0.157. The van der Waals surface area contributed by atoms with E-state index in [9.17, 15) is 4.79 Å². The van der Waals surface area contributed by atoms with Gasteiger partial charge < -0.3 is 9.64 Å². The van der Waals surface area contributed by atoms with Crippen molar-refractivity contribution in [1.29, 1.82) is 0 Å². The summed E-state index contributed by atoms with van der Waals surface area (Å²) in [6.07, 6.45) is 0. The van der Waals surface area contributed by atoms with Gasteiger partial charge in [0.05, 0.1) is 13.2 Å². The summed E-state index contributed by atoms with van der Waals surface area (Å²) in [6, 6.07) is 18.1. The van der Waals surface area contributed by atoms with E-state index in [1.807, 2.05) is 59.5 Å². The zero-order valence-corrected chi connectivity index (χ0v) is 15.1. The summed E-state index contributed by atoms with van der Waals surface area (Å²) in [6.45, 7) is 2.58. The second-order valence-electron chi connectivity index (χ2n) is 5.30. The lowest BCUT2D eigenvalue weighted by Gasteiger charge is -2.30. The molecule has 0 spiro atoms. The van der Waals surface area contributed by atoms with Crippen LogP contribution in [0.5, 0.6) is 0 Å². The van der Waals surface area contributed by atoms with Gasteiger partial charge in [-0.05, 0) is 29.8 Å². The molecular formula is C18H18BrNO2S. The van der Waals surface area contributed by atoms with Crippen molar-refractivity contribution in [3.63, 3.8) is 0 Å². The summed E-state index contributed by atoms with van der Waals surface area (Å²) in [5.74, 6) is 0.157. The Morgan fingerprint density at radius 1 is 1.04 bits per heavy atom. The number of carbonyl (C=O) groups is 1. The molecular weight excluding hydrogens is 374 g/mol. The third-order valence-corrected chi connectivity index (χ3v) is 5.50.